The summed E-state index contributed by atoms with van der Waals surface area (Å²) in [6.07, 6.45) is 2.34. The lowest BCUT2D eigenvalue weighted by Gasteiger charge is -1.94. The Morgan fingerprint density at radius 1 is 1.80 bits per heavy atom. The summed E-state index contributed by atoms with van der Waals surface area (Å²) in [5.41, 5.74) is 0. The van der Waals surface area contributed by atoms with Crippen molar-refractivity contribution in [3.8, 4) is 0 Å². The molecule has 0 aliphatic carbocycles. The highest BCUT2D eigenvalue weighted by atomic mass is 32.1. The van der Waals surface area contributed by atoms with Gasteiger partial charge in [0.1, 0.15) is 0 Å². The maximum atomic E-state index is 9.10. The number of hydrogen-bond donors (Lipinski definition) is 1. The van der Waals surface area contributed by atoms with Crippen LogP contribution in [0.5, 0.6) is 0 Å². The second-order valence-electron chi connectivity index (χ2n) is 2.19. The number of rotatable bonds is 2. The van der Waals surface area contributed by atoms with Crippen molar-refractivity contribution < 1.29 is 5.11 Å². The minimum atomic E-state index is -0.363. The van der Waals surface area contributed by atoms with Crippen molar-refractivity contribution in [3.63, 3.8) is 0 Å². The zero-order valence-corrected chi connectivity index (χ0v) is 6.98. The van der Waals surface area contributed by atoms with Gasteiger partial charge in [-0.15, -0.1) is 11.3 Å². The van der Waals surface area contributed by atoms with Crippen LogP contribution in [-0.2, 0) is 6.42 Å². The van der Waals surface area contributed by atoms with Gasteiger partial charge < -0.3 is 5.11 Å². The minimum absolute atomic E-state index is 0.363. The Kier molecular flexibility index (Phi) is 2.40. The van der Waals surface area contributed by atoms with Gasteiger partial charge in [0, 0.05) is 6.20 Å². The molecule has 0 saturated carbocycles. The predicted molar refractivity (Wildman–Crippen MR) is 42.1 cm³/mol. The molecule has 0 aromatic carbocycles. The van der Waals surface area contributed by atoms with E-state index < -0.39 is 0 Å². The lowest BCUT2D eigenvalue weighted by Crippen LogP contribution is -1.83. The average molecular weight is 157 g/mol. The second kappa shape index (κ2) is 3.12. The van der Waals surface area contributed by atoms with E-state index in [0.717, 1.165) is 16.3 Å². The number of aliphatic hydroxyl groups is 1. The van der Waals surface area contributed by atoms with Gasteiger partial charge in [-0.1, -0.05) is 6.92 Å². The zero-order valence-electron chi connectivity index (χ0n) is 6.16. The van der Waals surface area contributed by atoms with E-state index in [1.165, 1.54) is 0 Å². The van der Waals surface area contributed by atoms with Crippen molar-refractivity contribution in [3.05, 3.63) is 16.1 Å². The third-order valence-corrected chi connectivity index (χ3v) is 2.60. The van der Waals surface area contributed by atoms with Gasteiger partial charge in [-0.25, -0.2) is 4.98 Å². The van der Waals surface area contributed by atoms with Crippen LogP contribution in [0.15, 0.2) is 6.20 Å². The highest BCUT2D eigenvalue weighted by Gasteiger charge is 2.04. The standard InChI is InChI=1S/C7H11NOS/c1-3-7-8-4-6(10-7)5(2)9/h4-5,9H,3H2,1-2H3. The molecule has 0 radical (unpaired) electrons. The van der Waals surface area contributed by atoms with Crippen molar-refractivity contribution in [1.29, 1.82) is 0 Å². The van der Waals surface area contributed by atoms with E-state index in [2.05, 4.69) is 11.9 Å². The molecule has 1 atom stereocenters. The van der Waals surface area contributed by atoms with Crippen molar-refractivity contribution in [2.75, 3.05) is 0 Å². The first-order valence-corrected chi connectivity index (χ1v) is 4.18. The normalized spacial score (nSPS) is 13.5. The smallest absolute Gasteiger partial charge is 0.0925 e. The first-order valence-electron chi connectivity index (χ1n) is 3.36. The molecular formula is C7H11NOS. The van der Waals surface area contributed by atoms with Crippen LogP contribution in [0.1, 0.15) is 29.8 Å². The van der Waals surface area contributed by atoms with Gasteiger partial charge in [-0.3, -0.25) is 0 Å². The number of aryl methyl sites for hydroxylation is 1. The van der Waals surface area contributed by atoms with Crippen molar-refractivity contribution in [1.82, 2.24) is 4.98 Å². The molecule has 0 saturated heterocycles. The Balaban J connectivity index is 2.78. The molecule has 3 heteroatoms. The van der Waals surface area contributed by atoms with Crippen LogP contribution in [0.4, 0.5) is 0 Å². The van der Waals surface area contributed by atoms with Crippen LogP contribution in [0.25, 0.3) is 0 Å². The van der Waals surface area contributed by atoms with Crippen LogP contribution < -0.4 is 0 Å². The van der Waals surface area contributed by atoms with Gasteiger partial charge in [0.05, 0.1) is 16.0 Å². The van der Waals surface area contributed by atoms with Gasteiger partial charge in [-0.2, -0.15) is 0 Å². The summed E-state index contributed by atoms with van der Waals surface area (Å²) < 4.78 is 0. The summed E-state index contributed by atoms with van der Waals surface area (Å²) in [5, 5.41) is 10.2. The van der Waals surface area contributed by atoms with E-state index in [1.54, 1.807) is 24.5 Å². The monoisotopic (exact) mass is 157 g/mol. The molecule has 1 N–H and O–H groups in total. The Hall–Kier alpha value is -0.410. The Bertz CT molecular complexity index is 207. The molecule has 0 aliphatic rings. The fraction of sp³-hybridized carbons (Fsp3) is 0.571. The Morgan fingerprint density at radius 3 is 2.80 bits per heavy atom. The summed E-state index contributed by atoms with van der Waals surface area (Å²) in [5.74, 6) is 0. The van der Waals surface area contributed by atoms with Gasteiger partial charge in [-0.05, 0) is 13.3 Å². The third-order valence-electron chi connectivity index (χ3n) is 1.29. The molecule has 0 spiro atoms. The molecular weight excluding hydrogens is 146 g/mol. The van der Waals surface area contributed by atoms with Gasteiger partial charge in [0.25, 0.3) is 0 Å². The quantitative estimate of drug-likeness (QED) is 0.709. The average Bonchev–Trinajstić information content (AvgIpc) is 2.34. The summed E-state index contributed by atoms with van der Waals surface area (Å²) in [6.45, 7) is 3.82. The molecule has 10 heavy (non-hydrogen) atoms. The number of hydrogen-bond acceptors (Lipinski definition) is 3. The minimum Gasteiger partial charge on any atom is -0.388 e. The first kappa shape index (κ1) is 7.69. The fourth-order valence-electron chi connectivity index (χ4n) is 0.681. The fourth-order valence-corrected chi connectivity index (χ4v) is 1.48. The topological polar surface area (TPSA) is 33.1 Å². The summed E-state index contributed by atoms with van der Waals surface area (Å²) in [7, 11) is 0. The molecule has 0 bridgehead atoms. The van der Waals surface area contributed by atoms with E-state index in [4.69, 9.17) is 5.11 Å². The van der Waals surface area contributed by atoms with Crippen LogP contribution >= 0.6 is 11.3 Å². The number of nitrogens with zero attached hydrogens (tertiary/aromatic N) is 1. The summed E-state index contributed by atoms with van der Waals surface area (Å²) in [4.78, 5) is 5.07. The molecule has 0 amide bonds. The summed E-state index contributed by atoms with van der Waals surface area (Å²) >= 11 is 1.58. The number of aromatic nitrogens is 1. The van der Waals surface area contributed by atoms with E-state index >= 15 is 0 Å². The zero-order chi connectivity index (χ0) is 7.56. The third kappa shape index (κ3) is 1.55. The Labute approximate surface area is 64.5 Å². The van der Waals surface area contributed by atoms with E-state index in [0.29, 0.717) is 0 Å². The maximum Gasteiger partial charge on any atom is 0.0925 e. The van der Waals surface area contributed by atoms with E-state index in [1.807, 2.05) is 0 Å². The molecule has 1 aromatic heterocycles. The van der Waals surface area contributed by atoms with Crippen LogP contribution in [-0.4, -0.2) is 10.1 Å². The van der Waals surface area contributed by atoms with Gasteiger partial charge in [0.2, 0.25) is 0 Å². The number of thiazole rings is 1. The highest BCUT2D eigenvalue weighted by Crippen LogP contribution is 2.19. The molecule has 1 unspecified atom stereocenters. The largest absolute Gasteiger partial charge is 0.388 e. The molecule has 1 rings (SSSR count). The predicted octanol–water partition coefficient (Wildman–Crippen LogP) is 1.76. The van der Waals surface area contributed by atoms with Crippen LogP contribution in [0.2, 0.25) is 0 Å². The molecule has 1 heterocycles. The van der Waals surface area contributed by atoms with Crippen LogP contribution in [0, 0.1) is 0 Å². The molecule has 56 valence electrons. The van der Waals surface area contributed by atoms with E-state index in [9.17, 15) is 0 Å². The first-order chi connectivity index (χ1) is 4.74. The van der Waals surface area contributed by atoms with Crippen molar-refractivity contribution in [2.45, 2.75) is 26.4 Å². The lowest BCUT2D eigenvalue weighted by molar-refractivity contribution is 0.203. The second-order valence-corrected chi connectivity index (χ2v) is 3.33. The Morgan fingerprint density at radius 2 is 2.50 bits per heavy atom. The van der Waals surface area contributed by atoms with Crippen molar-refractivity contribution >= 4 is 11.3 Å². The van der Waals surface area contributed by atoms with Crippen molar-refractivity contribution in [2.24, 2.45) is 0 Å². The van der Waals surface area contributed by atoms with Gasteiger partial charge in [0.15, 0.2) is 0 Å². The summed E-state index contributed by atoms with van der Waals surface area (Å²) in [6, 6.07) is 0. The maximum absolute atomic E-state index is 9.10. The van der Waals surface area contributed by atoms with Gasteiger partial charge >= 0.3 is 0 Å². The lowest BCUT2D eigenvalue weighted by atomic mass is 10.4. The molecule has 0 fully saturated rings. The molecule has 1 aromatic rings. The highest BCUT2D eigenvalue weighted by molar-refractivity contribution is 7.11. The van der Waals surface area contributed by atoms with E-state index in [-0.39, 0.29) is 6.10 Å². The molecule has 2 nitrogen and oxygen atoms in total. The SMILES string of the molecule is CCc1ncc(C(C)O)s1. The molecule has 0 aliphatic heterocycles. The van der Waals surface area contributed by atoms with Crippen LogP contribution in [0.3, 0.4) is 0 Å². The number of aliphatic hydroxyl groups excluding tert-OH is 1.